The Morgan fingerprint density at radius 1 is 1.04 bits per heavy atom. The van der Waals surface area contributed by atoms with E-state index in [9.17, 15) is 23.5 Å². The Hall–Kier alpha value is -2.80. The topological polar surface area (TPSA) is 78.4 Å². The number of amides is 2. The zero-order valence-corrected chi connectivity index (χ0v) is 13.8. The minimum Gasteiger partial charge on any atom is -0.386 e. The van der Waals surface area contributed by atoms with Crippen molar-refractivity contribution in [3.8, 4) is 0 Å². The molecule has 0 saturated carbocycles. The van der Waals surface area contributed by atoms with E-state index in [1.807, 2.05) is 13.8 Å². The van der Waals surface area contributed by atoms with Crippen LogP contribution in [-0.2, 0) is 9.59 Å². The van der Waals surface area contributed by atoms with Gasteiger partial charge in [0.15, 0.2) is 0 Å². The van der Waals surface area contributed by atoms with Crippen LogP contribution in [0, 0.1) is 25.5 Å². The fraction of sp³-hybridized carbons (Fsp3) is 0.222. The number of aliphatic hydroxyl groups excluding tert-OH is 1. The first-order valence-corrected chi connectivity index (χ1v) is 7.58. The Labute approximate surface area is 143 Å². The second-order valence-corrected chi connectivity index (χ2v) is 5.61. The number of hydrogen-bond acceptors (Lipinski definition) is 3. The van der Waals surface area contributed by atoms with Gasteiger partial charge in [0, 0.05) is 12.2 Å². The summed E-state index contributed by atoms with van der Waals surface area (Å²) in [5, 5.41) is 14.4. The number of aliphatic hydroxyl groups is 1. The number of rotatable bonds is 4. The third kappa shape index (κ3) is 4.60. The van der Waals surface area contributed by atoms with Crippen molar-refractivity contribution in [2.24, 2.45) is 0 Å². The summed E-state index contributed by atoms with van der Waals surface area (Å²) < 4.78 is 27.1. The van der Waals surface area contributed by atoms with Crippen molar-refractivity contribution in [2.75, 3.05) is 11.9 Å². The number of nitrogens with one attached hydrogen (secondary N) is 2. The van der Waals surface area contributed by atoms with Crippen molar-refractivity contribution in [3.63, 3.8) is 0 Å². The van der Waals surface area contributed by atoms with Gasteiger partial charge in [-0.1, -0.05) is 12.1 Å². The van der Waals surface area contributed by atoms with Gasteiger partial charge < -0.3 is 15.7 Å². The van der Waals surface area contributed by atoms with Gasteiger partial charge in [-0.3, -0.25) is 9.59 Å². The maximum atomic E-state index is 13.5. The Balaban J connectivity index is 1.95. The van der Waals surface area contributed by atoms with Crippen molar-refractivity contribution in [1.29, 1.82) is 0 Å². The predicted octanol–water partition coefficient (Wildman–Crippen LogP) is 2.37. The fourth-order valence-electron chi connectivity index (χ4n) is 2.21. The molecule has 0 saturated heterocycles. The molecule has 132 valence electrons. The third-order valence-electron chi connectivity index (χ3n) is 3.76. The monoisotopic (exact) mass is 348 g/mol. The molecule has 1 unspecified atom stereocenters. The SMILES string of the molecule is Cc1ccc(NC(=O)C(=O)NCC(O)c2c(F)cccc2F)cc1C. The molecule has 0 aromatic heterocycles. The molecule has 0 fully saturated rings. The van der Waals surface area contributed by atoms with Gasteiger partial charge in [0.05, 0.1) is 5.56 Å². The molecule has 2 aromatic rings. The summed E-state index contributed by atoms with van der Waals surface area (Å²) in [6, 6.07) is 8.32. The number of benzene rings is 2. The maximum Gasteiger partial charge on any atom is 0.313 e. The molecule has 2 aromatic carbocycles. The van der Waals surface area contributed by atoms with Crippen LogP contribution in [0.15, 0.2) is 36.4 Å². The second kappa shape index (κ2) is 7.85. The highest BCUT2D eigenvalue weighted by molar-refractivity contribution is 6.39. The molecule has 7 heteroatoms. The van der Waals surface area contributed by atoms with Gasteiger partial charge in [0.25, 0.3) is 0 Å². The molecule has 0 aliphatic carbocycles. The summed E-state index contributed by atoms with van der Waals surface area (Å²) >= 11 is 0. The number of anilines is 1. The molecule has 1 atom stereocenters. The molecule has 5 nitrogen and oxygen atoms in total. The molecular weight excluding hydrogens is 330 g/mol. The van der Waals surface area contributed by atoms with E-state index in [4.69, 9.17) is 0 Å². The van der Waals surface area contributed by atoms with Crippen molar-refractivity contribution in [3.05, 3.63) is 64.7 Å². The molecule has 2 rings (SSSR count). The lowest BCUT2D eigenvalue weighted by Gasteiger charge is -2.14. The fourth-order valence-corrected chi connectivity index (χ4v) is 2.21. The Morgan fingerprint density at radius 2 is 1.68 bits per heavy atom. The first-order chi connectivity index (χ1) is 11.8. The van der Waals surface area contributed by atoms with Gasteiger partial charge in [-0.05, 0) is 49.2 Å². The summed E-state index contributed by atoms with van der Waals surface area (Å²) in [4.78, 5) is 23.6. The minimum absolute atomic E-state index is 0.448. The van der Waals surface area contributed by atoms with Gasteiger partial charge in [-0.15, -0.1) is 0 Å². The van der Waals surface area contributed by atoms with Crippen LogP contribution in [0.1, 0.15) is 22.8 Å². The van der Waals surface area contributed by atoms with E-state index in [0.717, 1.165) is 29.3 Å². The average molecular weight is 348 g/mol. The maximum absolute atomic E-state index is 13.5. The van der Waals surface area contributed by atoms with Gasteiger partial charge in [-0.25, -0.2) is 8.78 Å². The van der Waals surface area contributed by atoms with Gasteiger partial charge >= 0.3 is 11.8 Å². The van der Waals surface area contributed by atoms with E-state index < -0.39 is 41.7 Å². The van der Waals surface area contributed by atoms with E-state index in [1.54, 1.807) is 18.2 Å². The van der Waals surface area contributed by atoms with E-state index in [-0.39, 0.29) is 0 Å². The van der Waals surface area contributed by atoms with Crippen molar-refractivity contribution in [2.45, 2.75) is 20.0 Å². The van der Waals surface area contributed by atoms with Crippen molar-refractivity contribution >= 4 is 17.5 Å². The van der Waals surface area contributed by atoms with Crippen LogP contribution in [0.5, 0.6) is 0 Å². The quantitative estimate of drug-likeness (QED) is 0.743. The number of aryl methyl sites for hydroxylation is 2. The standard InChI is InChI=1S/C18H18F2N2O3/c1-10-6-7-12(8-11(10)2)22-18(25)17(24)21-9-15(23)16-13(19)4-3-5-14(16)20/h3-8,15,23H,9H2,1-2H3,(H,21,24)(H,22,25). The van der Waals surface area contributed by atoms with E-state index >= 15 is 0 Å². The van der Waals surface area contributed by atoms with E-state index in [0.29, 0.717) is 5.69 Å². The minimum atomic E-state index is -1.61. The van der Waals surface area contributed by atoms with Crippen molar-refractivity contribution < 1.29 is 23.5 Å². The summed E-state index contributed by atoms with van der Waals surface area (Å²) in [6.07, 6.45) is -1.61. The third-order valence-corrected chi connectivity index (χ3v) is 3.76. The number of hydrogen-bond donors (Lipinski definition) is 3. The van der Waals surface area contributed by atoms with Crippen LogP contribution in [0.4, 0.5) is 14.5 Å². The number of halogens is 2. The molecule has 3 N–H and O–H groups in total. The van der Waals surface area contributed by atoms with Gasteiger partial charge in [0.1, 0.15) is 17.7 Å². The highest BCUT2D eigenvalue weighted by atomic mass is 19.1. The molecule has 2 amide bonds. The Morgan fingerprint density at radius 3 is 2.28 bits per heavy atom. The zero-order valence-electron chi connectivity index (χ0n) is 13.8. The van der Waals surface area contributed by atoms with Crippen LogP contribution in [0.2, 0.25) is 0 Å². The average Bonchev–Trinajstić information content (AvgIpc) is 2.55. The lowest BCUT2D eigenvalue weighted by atomic mass is 10.1. The van der Waals surface area contributed by atoms with Crippen LogP contribution in [0.3, 0.4) is 0 Å². The van der Waals surface area contributed by atoms with Crippen LogP contribution in [-0.4, -0.2) is 23.5 Å². The van der Waals surface area contributed by atoms with Crippen molar-refractivity contribution in [1.82, 2.24) is 5.32 Å². The van der Waals surface area contributed by atoms with Crippen LogP contribution < -0.4 is 10.6 Å². The molecule has 0 aliphatic heterocycles. The van der Waals surface area contributed by atoms with E-state index in [2.05, 4.69) is 10.6 Å². The lowest BCUT2D eigenvalue weighted by molar-refractivity contribution is -0.136. The summed E-state index contributed by atoms with van der Waals surface area (Å²) in [6.45, 7) is 3.28. The summed E-state index contributed by atoms with van der Waals surface area (Å²) in [5.74, 6) is -3.82. The second-order valence-electron chi connectivity index (χ2n) is 5.61. The highest BCUT2D eigenvalue weighted by Gasteiger charge is 2.20. The lowest BCUT2D eigenvalue weighted by Crippen LogP contribution is -2.37. The Kier molecular flexibility index (Phi) is 5.82. The normalized spacial score (nSPS) is 11.7. The van der Waals surface area contributed by atoms with Gasteiger partial charge in [-0.2, -0.15) is 0 Å². The smallest absolute Gasteiger partial charge is 0.313 e. The highest BCUT2D eigenvalue weighted by Crippen LogP contribution is 2.20. The molecule has 0 heterocycles. The molecule has 25 heavy (non-hydrogen) atoms. The first kappa shape index (κ1) is 18.5. The molecule has 0 spiro atoms. The molecule has 0 radical (unpaired) electrons. The number of carbonyl (C=O) groups excluding carboxylic acids is 2. The Bertz CT molecular complexity index is 789. The van der Waals surface area contributed by atoms with E-state index in [1.165, 1.54) is 0 Å². The van der Waals surface area contributed by atoms with Crippen LogP contribution >= 0.6 is 0 Å². The summed E-state index contributed by atoms with van der Waals surface area (Å²) in [7, 11) is 0. The predicted molar refractivity (Wildman–Crippen MR) is 88.9 cm³/mol. The number of carbonyl (C=O) groups is 2. The van der Waals surface area contributed by atoms with Gasteiger partial charge in [0.2, 0.25) is 0 Å². The summed E-state index contributed by atoms with van der Waals surface area (Å²) in [5.41, 5.74) is 1.88. The van der Waals surface area contributed by atoms with Crippen LogP contribution in [0.25, 0.3) is 0 Å². The molecule has 0 bridgehead atoms. The first-order valence-electron chi connectivity index (χ1n) is 7.58. The largest absolute Gasteiger partial charge is 0.386 e. The zero-order chi connectivity index (χ0) is 18.6. The molecular formula is C18H18F2N2O3. The molecule has 0 aliphatic rings.